The molecule has 1 aliphatic carbocycles. The van der Waals surface area contributed by atoms with Crippen LogP contribution in [0.15, 0.2) is 22.3 Å². The molecule has 0 unspecified atom stereocenters. The Balaban J connectivity index is 0.00000324. The van der Waals surface area contributed by atoms with E-state index in [1.807, 2.05) is 0 Å². The van der Waals surface area contributed by atoms with Crippen LogP contribution in [0, 0.1) is 12.5 Å². The van der Waals surface area contributed by atoms with Gasteiger partial charge in [-0.3, -0.25) is 4.85 Å². The van der Waals surface area contributed by atoms with Gasteiger partial charge in [-0.25, -0.2) is 25.8 Å². The Kier molecular flexibility index (Phi) is 6.01. The van der Waals surface area contributed by atoms with Crippen molar-refractivity contribution in [2.24, 2.45) is 5.92 Å². The van der Waals surface area contributed by atoms with E-state index in [1.165, 1.54) is 30.7 Å². The fraction of sp³-hybridized carbons (Fsp3) is 0.250. The molecule has 0 aromatic heterocycles. The molecule has 0 aromatic carbocycles. The first kappa shape index (κ1) is 17.4. The van der Waals surface area contributed by atoms with E-state index in [0.717, 1.165) is 0 Å². The van der Waals surface area contributed by atoms with E-state index in [0.29, 0.717) is 0 Å². The van der Waals surface area contributed by atoms with Crippen LogP contribution in [-0.4, -0.2) is 28.2 Å². The normalized spacial score (nSPS) is 25.2. The molecule has 0 saturated heterocycles. The number of hydrogen-bond donors (Lipinski definition) is 0. The third-order valence-electron chi connectivity index (χ3n) is 2.65. The van der Waals surface area contributed by atoms with Gasteiger partial charge in [0.05, 0.1) is 11.1 Å². The molecule has 0 aromatic rings. The molecule has 7 heteroatoms. The van der Waals surface area contributed by atoms with Crippen LogP contribution < -0.4 is 0 Å². The van der Waals surface area contributed by atoms with Gasteiger partial charge in [-0.15, -0.1) is 0 Å². The second-order valence-corrected chi connectivity index (χ2v) is 4.59. The Morgan fingerprint density at radius 3 is 1.63 bits per heavy atom. The van der Waals surface area contributed by atoms with E-state index in [2.05, 4.69) is 20.8 Å². The summed E-state index contributed by atoms with van der Waals surface area (Å²) in [5, 5.41) is 0. The summed E-state index contributed by atoms with van der Waals surface area (Å²) >= 11 is 2.89. The van der Waals surface area contributed by atoms with Gasteiger partial charge in [0, 0.05) is 42.3 Å². The summed E-state index contributed by atoms with van der Waals surface area (Å²) in [6, 6.07) is 0. The zero-order valence-electron chi connectivity index (χ0n) is 9.41. The van der Waals surface area contributed by atoms with Crippen molar-refractivity contribution < 1.29 is 39.6 Å². The van der Waals surface area contributed by atoms with Crippen LogP contribution in [0.5, 0.6) is 0 Å². The van der Waals surface area contributed by atoms with E-state index >= 15 is 0 Å². The molecule has 1 saturated carbocycles. The van der Waals surface area contributed by atoms with Crippen LogP contribution >= 0.6 is 15.9 Å². The van der Waals surface area contributed by atoms with E-state index in [-0.39, 0.29) is 42.7 Å². The number of nitrogens with zero attached hydrogens (tertiary/aromatic N) is 1. The van der Waals surface area contributed by atoms with Crippen molar-refractivity contribution in [1.82, 2.24) is 0 Å². The van der Waals surface area contributed by atoms with Gasteiger partial charge in [-0.05, 0) is 0 Å². The monoisotopic (exact) mass is 492 g/mol. The number of halogens is 1. The smallest absolute Gasteiger partial charge is 0.286 e. The van der Waals surface area contributed by atoms with Crippen molar-refractivity contribution in [3.05, 3.63) is 33.7 Å². The van der Waals surface area contributed by atoms with Gasteiger partial charge in [-0.2, -0.15) is 0 Å². The van der Waals surface area contributed by atoms with Gasteiger partial charge in [0.1, 0.15) is 23.8 Å². The molecule has 0 N–H and O–H groups in total. The Bertz CT molecular complexity index is 616. The van der Waals surface area contributed by atoms with Gasteiger partial charge in [0.25, 0.3) is 0 Å². The number of alkyl halides is 1. The van der Waals surface area contributed by atoms with Crippen molar-refractivity contribution in [1.29, 1.82) is 0 Å². The molecular weight excluding hydrogens is 488 g/mol. The van der Waals surface area contributed by atoms with Gasteiger partial charge >= 0.3 is 4.45 Å². The van der Waals surface area contributed by atoms with Crippen molar-refractivity contribution in [2.75, 3.05) is 0 Å². The SMILES string of the molecule is [C-]#[N+]C1(Br)C(=C=O)C(=C=O)C(C)C(=C=O)C1=C=O.[Re]. The second kappa shape index (κ2) is 6.56. The summed E-state index contributed by atoms with van der Waals surface area (Å²) in [5.74, 6) is 5.05. The van der Waals surface area contributed by atoms with E-state index in [9.17, 15) is 19.2 Å². The maximum Gasteiger partial charge on any atom is 0.357 e. The van der Waals surface area contributed by atoms with Crippen LogP contribution in [-0.2, 0) is 39.6 Å². The predicted octanol–water partition coefficient (Wildman–Crippen LogP) is 0.676. The molecule has 0 amide bonds. The molecule has 1 radical (unpaired) electrons. The van der Waals surface area contributed by atoms with Gasteiger partial charge in [0.2, 0.25) is 0 Å². The predicted molar refractivity (Wildman–Crippen MR) is 64.2 cm³/mol. The molecular formula is C12H4BrNO4Re. The quantitative estimate of drug-likeness (QED) is 0.216. The van der Waals surface area contributed by atoms with Crippen molar-refractivity contribution in [2.45, 2.75) is 11.4 Å². The molecule has 0 heterocycles. The largest absolute Gasteiger partial charge is 0.357 e. The first-order chi connectivity index (χ1) is 8.51. The van der Waals surface area contributed by atoms with Gasteiger partial charge in [-0.1, -0.05) is 6.92 Å². The number of carbonyl (C=O) groups excluding carboxylic acids is 4. The average Bonchev–Trinajstić information content (AvgIpc) is 2.39. The van der Waals surface area contributed by atoms with Crippen molar-refractivity contribution >= 4 is 39.7 Å². The average molecular weight is 492 g/mol. The van der Waals surface area contributed by atoms with Gasteiger partial charge in [0.15, 0.2) is 11.1 Å². The molecule has 1 aliphatic rings. The zero-order chi connectivity index (χ0) is 13.9. The summed E-state index contributed by atoms with van der Waals surface area (Å²) in [6.45, 7) is 8.47. The third kappa shape index (κ3) is 2.44. The van der Waals surface area contributed by atoms with Gasteiger partial charge < -0.3 is 0 Å². The fourth-order valence-electron chi connectivity index (χ4n) is 1.70. The maximum atomic E-state index is 10.9. The third-order valence-corrected chi connectivity index (χ3v) is 3.62. The fourth-order valence-corrected chi connectivity index (χ4v) is 2.28. The standard InChI is InChI=1S/C12H4BrNO4.Re/c1-7-8(3-15)10(5-17)12(13,14-2)11(6-18)9(7)4-16;/h7H,1H3;. The molecule has 0 bridgehead atoms. The summed E-state index contributed by atoms with van der Waals surface area (Å²) in [5.41, 5.74) is -1.12. The van der Waals surface area contributed by atoms with Crippen LogP contribution in [0.1, 0.15) is 6.92 Å². The molecule has 1 fully saturated rings. The molecule has 95 valence electrons. The maximum absolute atomic E-state index is 10.9. The summed E-state index contributed by atoms with van der Waals surface area (Å²) < 4.78 is -1.93. The van der Waals surface area contributed by atoms with Crippen LogP contribution in [0.25, 0.3) is 4.85 Å². The molecule has 19 heavy (non-hydrogen) atoms. The number of hydrogen-bond acceptors (Lipinski definition) is 4. The van der Waals surface area contributed by atoms with Crippen LogP contribution in [0.4, 0.5) is 0 Å². The van der Waals surface area contributed by atoms with Crippen LogP contribution in [0.2, 0.25) is 0 Å². The molecule has 5 nitrogen and oxygen atoms in total. The Morgan fingerprint density at radius 2 is 1.42 bits per heavy atom. The summed E-state index contributed by atoms with van der Waals surface area (Å²) in [7, 11) is 0. The van der Waals surface area contributed by atoms with Crippen molar-refractivity contribution in [3.8, 4) is 0 Å². The first-order valence-corrected chi connectivity index (χ1v) is 5.40. The minimum absolute atomic E-state index is 0. The zero-order valence-corrected chi connectivity index (χ0v) is 13.7. The van der Waals surface area contributed by atoms with E-state index in [4.69, 9.17) is 6.57 Å². The Morgan fingerprint density at radius 1 is 1.05 bits per heavy atom. The van der Waals surface area contributed by atoms with E-state index < -0.39 is 10.4 Å². The Labute approximate surface area is 130 Å². The Hall–Kier alpha value is -1.57. The number of rotatable bonds is 0. The second-order valence-electron chi connectivity index (χ2n) is 3.44. The molecule has 0 atom stereocenters. The molecule has 1 rings (SSSR count). The summed E-state index contributed by atoms with van der Waals surface area (Å²) in [4.78, 5) is 46.6. The molecule has 0 spiro atoms. The minimum Gasteiger partial charge on any atom is -0.286 e. The minimum atomic E-state index is -1.93. The first-order valence-electron chi connectivity index (χ1n) is 4.61. The molecule has 0 aliphatic heterocycles. The summed E-state index contributed by atoms with van der Waals surface area (Å²) in [6.07, 6.45) is 0. The topological polar surface area (TPSA) is 72.6 Å². The van der Waals surface area contributed by atoms with Crippen molar-refractivity contribution in [3.63, 3.8) is 0 Å². The van der Waals surface area contributed by atoms with E-state index in [1.54, 1.807) is 0 Å². The van der Waals surface area contributed by atoms with Crippen LogP contribution in [0.3, 0.4) is 0 Å².